The predicted molar refractivity (Wildman–Crippen MR) is 142 cm³/mol. The van der Waals surface area contributed by atoms with Crippen molar-refractivity contribution >= 4 is 39.6 Å². The van der Waals surface area contributed by atoms with Crippen LogP contribution in [0.2, 0.25) is 0 Å². The summed E-state index contributed by atoms with van der Waals surface area (Å²) in [5.74, 6) is -0.140. The molecule has 3 aromatic carbocycles. The lowest BCUT2D eigenvalue weighted by Crippen LogP contribution is -2.56. The summed E-state index contributed by atoms with van der Waals surface area (Å²) < 4.78 is 6.32. The first-order chi connectivity index (χ1) is 16.8. The molecule has 1 fully saturated rings. The van der Waals surface area contributed by atoms with E-state index in [-0.39, 0.29) is 0 Å². The van der Waals surface area contributed by atoms with Crippen molar-refractivity contribution in [2.75, 3.05) is 24.4 Å². The molecule has 0 saturated heterocycles. The maximum absolute atomic E-state index is 12.6. The number of anilines is 2. The van der Waals surface area contributed by atoms with Crippen LogP contribution >= 0.6 is 15.9 Å². The normalized spacial score (nSPS) is 21.7. The zero-order chi connectivity index (χ0) is 25.1. The Morgan fingerprint density at radius 1 is 1.03 bits per heavy atom. The van der Waals surface area contributed by atoms with E-state index in [0.717, 1.165) is 33.4 Å². The molecule has 0 bridgehead atoms. The van der Waals surface area contributed by atoms with Gasteiger partial charge in [-0.3, -0.25) is 4.79 Å². The van der Waals surface area contributed by atoms with Crippen LogP contribution in [-0.4, -0.2) is 37.1 Å². The summed E-state index contributed by atoms with van der Waals surface area (Å²) in [4.78, 5) is 26.8. The first kappa shape index (κ1) is 24.8. The first-order valence-electron chi connectivity index (χ1n) is 11.5. The minimum absolute atomic E-state index is 0.385. The molecule has 182 valence electrons. The van der Waals surface area contributed by atoms with E-state index < -0.39 is 17.0 Å². The van der Waals surface area contributed by atoms with Crippen molar-refractivity contribution in [1.29, 1.82) is 0 Å². The van der Waals surface area contributed by atoms with E-state index in [1.807, 2.05) is 79.8 Å². The molecular weight excluding hydrogens is 508 g/mol. The van der Waals surface area contributed by atoms with Crippen LogP contribution in [0.1, 0.15) is 41.6 Å². The monoisotopic (exact) mass is 536 g/mol. The molecule has 0 aromatic heterocycles. The number of benzene rings is 3. The van der Waals surface area contributed by atoms with E-state index in [4.69, 9.17) is 4.74 Å². The number of ether oxygens (including phenoxy) is 1. The van der Waals surface area contributed by atoms with Gasteiger partial charge in [-0.25, -0.2) is 4.79 Å². The summed E-state index contributed by atoms with van der Waals surface area (Å²) in [6.07, 6.45) is 2.74. The molecule has 4 rings (SSSR count). The molecule has 0 atom stereocenters. The van der Waals surface area contributed by atoms with E-state index in [1.54, 1.807) is 7.11 Å². The third-order valence-corrected chi connectivity index (χ3v) is 7.71. The average molecular weight is 537 g/mol. The molecule has 6 nitrogen and oxygen atoms in total. The Labute approximate surface area is 214 Å². The van der Waals surface area contributed by atoms with Gasteiger partial charge in [0.2, 0.25) is 0 Å². The van der Waals surface area contributed by atoms with Crippen LogP contribution in [0, 0.1) is 0 Å². The van der Waals surface area contributed by atoms with Crippen LogP contribution in [0.5, 0.6) is 5.75 Å². The van der Waals surface area contributed by atoms with Gasteiger partial charge < -0.3 is 20.1 Å². The molecule has 35 heavy (non-hydrogen) atoms. The Morgan fingerprint density at radius 3 is 2.40 bits per heavy atom. The number of carbonyl (C=O) groups is 2. The maximum Gasteiger partial charge on any atom is 0.329 e. The molecule has 0 aliphatic heterocycles. The fraction of sp³-hybridized carbons (Fsp3) is 0.286. The topological polar surface area (TPSA) is 78.9 Å². The van der Waals surface area contributed by atoms with Gasteiger partial charge in [0.15, 0.2) is 0 Å². The number of halogens is 1. The van der Waals surface area contributed by atoms with Gasteiger partial charge in [-0.15, -0.1) is 0 Å². The molecule has 0 radical (unpaired) electrons. The molecule has 1 saturated carbocycles. The summed E-state index contributed by atoms with van der Waals surface area (Å²) >= 11 is 3.47. The molecule has 3 aromatic rings. The molecule has 2 N–H and O–H groups in total. The molecular formula is C28H29BrN2O4. The van der Waals surface area contributed by atoms with Crippen molar-refractivity contribution in [2.45, 2.75) is 36.8 Å². The number of aliphatic carboxylic acids is 1. The predicted octanol–water partition coefficient (Wildman–Crippen LogP) is 6.11. The van der Waals surface area contributed by atoms with Gasteiger partial charge in [-0.1, -0.05) is 52.3 Å². The highest BCUT2D eigenvalue weighted by Gasteiger charge is 2.50. The fourth-order valence-corrected chi connectivity index (χ4v) is 5.60. The molecule has 7 heteroatoms. The van der Waals surface area contributed by atoms with Crippen LogP contribution in [0.3, 0.4) is 0 Å². The van der Waals surface area contributed by atoms with E-state index in [2.05, 4.69) is 26.1 Å². The number of rotatable bonds is 8. The lowest BCUT2D eigenvalue weighted by molar-refractivity contribution is -0.144. The zero-order valence-electron chi connectivity index (χ0n) is 19.8. The van der Waals surface area contributed by atoms with Crippen molar-refractivity contribution in [3.8, 4) is 5.75 Å². The Kier molecular flexibility index (Phi) is 7.17. The summed E-state index contributed by atoms with van der Waals surface area (Å²) in [5, 5.41) is 13.6. The van der Waals surface area contributed by atoms with Gasteiger partial charge >= 0.3 is 5.97 Å². The number of carboxylic acid groups (broad SMARTS) is 1. The number of nitrogens with zero attached hydrogens (tertiary/aromatic N) is 1. The van der Waals surface area contributed by atoms with Gasteiger partial charge in [0.1, 0.15) is 17.6 Å². The largest absolute Gasteiger partial charge is 0.497 e. The Bertz CT molecular complexity index is 1220. The standard InChI is InChI=1S/C28H29BrN2O4/c1-31(23-10-6-11-24(18-23)35-2)28(25-12-4-3-7-20(25)19-32)15-13-27(14-16-28,26(33)34)30-22-9-5-8-21(29)17-22/h3-12,17-19,30H,13-16H2,1-2H3,(H,33,34). The summed E-state index contributed by atoms with van der Waals surface area (Å²) in [5.41, 5.74) is 1.53. The molecule has 0 unspecified atom stereocenters. The first-order valence-corrected chi connectivity index (χ1v) is 12.3. The molecule has 0 heterocycles. The lowest BCUT2D eigenvalue weighted by Gasteiger charge is -2.51. The second kappa shape index (κ2) is 10.1. The third kappa shape index (κ3) is 4.78. The summed E-state index contributed by atoms with van der Waals surface area (Å²) in [6.45, 7) is 0. The van der Waals surface area contributed by atoms with E-state index in [0.29, 0.717) is 31.2 Å². The minimum Gasteiger partial charge on any atom is -0.497 e. The second-order valence-corrected chi connectivity index (χ2v) is 9.94. The van der Waals surface area contributed by atoms with Crippen molar-refractivity contribution in [2.24, 2.45) is 0 Å². The number of hydrogen-bond donors (Lipinski definition) is 2. The van der Waals surface area contributed by atoms with E-state index >= 15 is 0 Å². The Morgan fingerprint density at radius 2 is 1.74 bits per heavy atom. The van der Waals surface area contributed by atoms with Crippen LogP contribution in [0.15, 0.2) is 77.3 Å². The van der Waals surface area contributed by atoms with Crippen LogP contribution in [-0.2, 0) is 10.3 Å². The third-order valence-electron chi connectivity index (χ3n) is 7.22. The number of carboxylic acids is 1. The van der Waals surface area contributed by atoms with Gasteiger partial charge in [-0.05, 0) is 61.6 Å². The van der Waals surface area contributed by atoms with Gasteiger partial charge in [0.25, 0.3) is 0 Å². The highest BCUT2D eigenvalue weighted by atomic mass is 79.9. The average Bonchev–Trinajstić information content (AvgIpc) is 2.88. The smallest absolute Gasteiger partial charge is 0.329 e. The quantitative estimate of drug-likeness (QED) is 0.338. The van der Waals surface area contributed by atoms with Crippen LogP contribution in [0.4, 0.5) is 11.4 Å². The molecule has 1 aliphatic carbocycles. The van der Waals surface area contributed by atoms with E-state index in [9.17, 15) is 14.7 Å². The molecule has 0 spiro atoms. The minimum atomic E-state index is -1.12. The highest BCUT2D eigenvalue weighted by Crippen LogP contribution is 2.48. The van der Waals surface area contributed by atoms with Crippen LogP contribution in [0.25, 0.3) is 0 Å². The lowest BCUT2D eigenvalue weighted by atomic mass is 9.67. The number of nitrogens with one attached hydrogen (secondary N) is 1. The Hall–Kier alpha value is -3.32. The Balaban J connectivity index is 1.76. The SMILES string of the molecule is COc1cccc(N(C)C2(c3ccccc3C=O)CCC(Nc3cccc(Br)c3)(C(=O)O)CC2)c1. The van der Waals surface area contributed by atoms with Gasteiger partial charge in [-0.2, -0.15) is 0 Å². The van der Waals surface area contributed by atoms with Crippen molar-refractivity contribution < 1.29 is 19.4 Å². The van der Waals surface area contributed by atoms with E-state index in [1.165, 1.54) is 0 Å². The summed E-state index contributed by atoms with van der Waals surface area (Å²) in [7, 11) is 3.64. The van der Waals surface area contributed by atoms with Crippen molar-refractivity contribution in [3.63, 3.8) is 0 Å². The number of methoxy groups -OCH3 is 1. The van der Waals surface area contributed by atoms with Crippen molar-refractivity contribution in [1.82, 2.24) is 0 Å². The number of carbonyl (C=O) groups excluding carboxylic acids is 1. The maximum atomic E-state index is 12.6. The molecule has 1 aliphatic rings. The number of hydrogen-bond acceptors (Lipinski definition) is 5. The second-order valence-electron chi connectivity index (χ2n) is 9.02. The van der Waals surface area contributed by atoms with Gasteiger partial charge in [0, 0.05) is 34.5 Å². The zero-order valence-corrected chi connectivity index (χ0v) is 21.4. The fourth-order valence-electron chi connectivity index (χ4n) is 5.20. The molecule has 0 amide bonds. The number of aldehydes is 1. The summed E-state index contributed by atoms with van der Waals surface area (Å²) in [6, 6.07) is 22.9. The van der Waals surface area contributed by atoms with Crippen LogP contribution < -0.4 is 15.0 Å². The van der Waals surface area contributed by atoms with Crippen molar-refractivity contribution in [3.05, 3.63) is 88.4 Å². The highest BCUT2D eigenvalue weighted by molar-refractivity contribution is 9.10. The van der Waals surface area contributed by atoms with Gasteiger partial charge in [0.05, 0.1) is 12.6 Å².